The Hall–Kier alpha value is -2.29. The molecule has 3 N–H and O–H groups in total. The highest BCUT2D eigenvalue weighted by Gasteiger charge is 2.12. The van der Waals surface area contributed by atoms with Crippen LogP contribution < -0.4 is 11.1 Å². The van der Waals surface area contributed by atoms with Crippen molar-refractivity contribution >= 4 is 11.6 Å². The molecule has 0 fully saturated rings. The van der Waals surface area contributed by atoms with E-state index in [0.717, 1.165) is 5.56 Å². The van der Waals surface area contributed by atoms with Gasteiger partial charge in [-0.3, -0.25) is 4.79 Å². The van der Waals surface area contributed by atoms with Crippen molar-refractivity contribution in [1.29, 1.82) is 0 Å². The van der Waals surface area contributed by atoms with Gasteiger partial charge in [0.1, 0.15) is 0 Å². The largest absolute Gasteiger partial charge is 0.399 e. The molecule has 0 saturated heterocycles. The lowest BCUT2D eigenvalue weighted by Crippen LogP contribution is -2.28. The van der Waals surface area contributed by atoms with Crippen molar-refractivity contribution in [2.45, 2.75) is 33.2 Å². The van der Waals surface area contributed by atoms with Gasteiger partial charge in [-0.05, 0) is 55.2 Å². The fraction of sp³-hybridized carbons (Fsp3) is 0.278. The van der Waals surface area contributed by atoms with Gasteiger partial charge in [-0.1, -0.05) is 30.3 Å². The maximum atomic E-state index is 12.1. The molecule has 1 unspecified atom stereocenters. The minimum absolute atomic E-state index is 0.00572. The molecule has 0 spiro atoms. The van der Waals surface area contributed by atoms with Crippen LogP contribution in [-0.2, 0) is 11.2 Å². The summed E-state index contributed by atoms with van der Waals surface area (Å²) in [6.45, 7) is 6.19. The number of hydrogen-bond acceptors (Lipinski definition) is 2. The van der Waals surface area contributed by atoms with Crippen LogP contribution in [0.25, 0.3) is 0 Å². The lowest BCUT2D eigenvalue weighted by Gasteiger charge is -2.18. The van der Waals surface area contributed by atoms with E-state index >= 15 is 0 Å². The number of hydrogen-bond donors (Lipinski definition) is 2. The third-order valence-electron chi connectivity index (χ3n) is 3.83. The van der Waals surface area contributed by atoms with Crippen molar-refractivity contribution in [3.8, 4) is 0 Å². The van der Waals surface area contributed by atoms with E-state index in [4.69, 9.17) is 5.73 Å². The molecule has 0 aromatic heterocycles. The molecule has 0 radical (unpaired) electrons. The zero-order chi connectivity index (χ0) is 15.4. The number of anilines is 1. The van der Waals surface area contributed by atoms with Crippen molar-refractivity contribution in [3.05, 3.63) is 64.7 Å². The number of nitrogens with one attached hydrogen (secondary N) is 1. The number of carbonyl (C=O) groups is 1. The molecular formula is C18H22N2O. The molecule has 2 aromatic carbocycles. The zero-order valence-electron chi connectivity index (χ0n) is 12.8. The second kappa shape index (κ2) is 6.44. The van der Waals surface area contributed by atoms with Gasteiger partial charge in [0.05, 0.1) is 12.5 Å². The average molecular weight is 282 g/mol. The van der Waals surface area contributed by atoms with E-state index in [0.29, 0.717) is 12.1 Å². The summed E-state index contributed by atoms with van der Waals surface area (Å²) in [5.41, 5.74) is 11.0. The lowest BCUT2D eigenvalue weighted by molar-refractivity contribution is -0.121. The monoisotopic (exact) mass is 282 g/mol. The molecule has 110 valence electrons. The summed E-state index contributed by atoms with van der Waals surface area (Å²) < 4.78 is 0. The van der Waals surface area contributed by atoms with Gasteiger partial charge in [0, 0.05) is 5.69 Å². The molecule has 0 aliphatic carbocycles. The van der Waals surface area contributed by atoms with Crippen LogP contribution >= 0.6 is 0 Å². The Morgan fingerprint density at radius 1 is 1.14 bits per heavy atom. The lowest BCUT2D eigenvalue weighted by atomic mass is 9.98. The molecule has 1 amide bonds. The number of amides is 1. The fourth-order valence-electron chi connectivity index (χ4n) is 2.43. The van der Waals surface area contributed by atoms with E-state index < -0.39 is 0 Å². The smallest absolute Gasteiger partial charge is 0.224 e. The summed E-state index contributed by atoms with van der Waals surface area (Å²) in [7, 11) is 0. The Kier molecular flexibility index (Phi) is 4.63. The quantitative estimate of drug-likeness (QED) is 0.845. The van der Waals surface area contributed by atoms with Gasteiger partial charge in [-0.25, -0.2) is 0 Å². The van der Waals surface area contributed by atoms with Crippen LogP contribution in [0.2, 0.25) is 0 Å². The van der Waals surface area contributed by atoms with Crippen molar-refractivity contribution in [1.82, 2.24) is 5.32 Å². The highest BCUT2D eigenvalue weighted by atomic mass is 16.1. The van der Waals surface area contributed by atoms with Crippen molar-refractivity contribution in [2.75, 3.05) is 5.73 Å². The van der Waals surface area contributed by atoms with Crippen molar-refractivity contribution in [3.63, 3.8) is 0 Å². The molecule has 3 nitrogen and oxygen atoms in total. The summed E-state index contributed by atoms with van der Waals surface area (Å²) >= 11 is 0. The van der Waals surface area contributed by atoms with Crippen LogP contribution in [0.15, 0.2) is 42.5 Å². The number of aryl methyl sites for hydroxylation is 1. The van der Waals surface area contributed by atoms with E-state index in [9.17, 15) is 4.79 Å². The first-order valence-corrected chi connectivity index (χ1v) is 7.17. The SMILES string of the molecule is Cc1cccc(C(C)NC(=O)Cc2ccc(N)cc2)c1C. The first-order valence-electron chi connectivity index (χ1n) is 7.17. The van der Waals surface area contributed by atoms with Crippen molar-refractivity contribution in [2.24, 2.45) is 0 Å². The summed E-state index contributed by atoms with van der Waals surface area (Å²) in [4.78, 5) is 12.1. The predicted molar refractivity (Wildman–Crippen MR) is 87.0 cm³/mol. The summed E-state index contributed by atoms with van der Waals surface area (Å²) in [5.74, 6) is 0.0215. The van der Waals surface area contributed by atoms with Gasteiger partial charge in [0.25, 0.3) is 0 Å². The summed E-state index contributed by atoms with van der Waals surface area (Å²) in [6.07, 6.45) is 0.371. The van der Waals surface area contributed by atoms with Crippen LogP contribution in [0.1, 0.15) is 35.2 Å². The van der Waals surface area contributed by atoms with Crippen LogP contribution in [0.4, 0.5) is 5.69 Å². The Balaban J connectivity index is 2.02. The van der Waals surface area contributed by atoms with Gasteiger partial charge in [-0.2, -0.15) is 0 Å². The molecule has 2 rings (SSSR count). The summed E-state index contributed by atoms with van der Waals surface area (Å²) in [5, 5.41) is 3.06. The molecule has 2 aromatic rings. The van der Waals surface area contributed by atoms with Gasteiger partial charge >= 0.3 is 0 Å². The standard InChI is InChI=1S/C18H22N2O/c1-12-5-4-6-17(13(12)2)14(3)20-18(21)11-15-7-9-16(19)10-8-15/h4-10,14H,11,19H2,1-3H3,(H,20,21). The highest BCUT2D eigenvalue weighted by molar-refractivity contribution is 5.79. The Labute approximate surface area is 126 Å². The minimum Gasteiger partial charge on any atom is -0.399 e. The van der Waals surface area contributed by atoms with Crippen molar-refractivity contribution < 1.29 is 4.79 Å². The topological polar surface area (TPSA) is 55.1 Å². The highest BCUT2D eigenvalue weighted by Crippen LogP contribution is 2.20. The minimum atomic E-state index is 0.00572. The molecule has 0 aliphatic heterocycles. The molecule has 0 aliphatic rings. The Morgan fingerprint density at radius 2 is 1.81 bits per heavy atom. The van der Waals surface area contributed by atoms with E-state index in [-0.39, 0.29) is 11.9 Å². The van der Waals surface area contributed by atoms with E-state index in [1.807, 2.05) is 37.3 Å². The molecule has 0 heterocycles. The second-order valence-corrected chi connectivity index (χ2v) is 5.50. The van der Waals surface area contributed by atoms with Gasteiger partial charge in [0.15, 0.2) is 0 Å². The molecule has 0 saturated carbocycles. The van der Waals surface area contributed by atoms with Gasteiger partial charge in [-0.15, -0.1) is 0 Å². The van der Waals surface area contributed by atoms with E-state index in [1.54, 1.807) is 0 Å². The number of nitrogen functional groups attached to an aromatic ring is 1. The molecule has 1 atom stereocenters. The Bertz CT molecular complexity index is 632. The molecule has 0 bridgehead atoms. The van der Waals surface area contributed by atoms with Crippen LogP contribution in [0.3, 0.4) is 0 Å². The molecular weight excluding hydrogens is 260 g/mol. The maximum Gasteiger partial charge on any atom is 0.224 e. The number of nitrogens with two attached hydrogens (primary N) is 1. The second-order valence-electron chi connectivity index (χ2n) is 5.50. The number of benzene rings is 2. The molecule has 21 heavy (non-hydrogen) atoms. The number of carbonyl (C=O) groups excluding carboxylic acids is 1. The average Bonchev–Trinajstić information content (AvgIpc) is 2.44. The van der Waals surface area contributed by atoms with Crippen LogP contribution in [0.5, 0.6) is 0 Å². The molecule has 3 heteroatoms. The summed E-state index contributed by atoms with van der Waals surface area (Å²) in [6, 6.07) is 13.6. The van der Waals surface area contributed by atoms with Crippen LogP contribution in [-0.4, -0.2) is 5.91 Å². The van der Waals surface area contributed by atoms with Crippen LogP contribution in [0, 0.1) is 13.8 Å². The third-order valence-corrected chi connectivity index (χ3v) is 3.83. The van der Waals surface area contributed by atoms with E-state index in [1.165, 1.54) is 16.7 Å². The third kappa shape index (κ3) is 3.85. The number of rotatable bonds is 4. The first kappa shape index (κ1) is 15.1. The fourth-order valence-corrected chi connectivity index (χ4v) is 2.43. The maximum absolute atomic E-state index is 12.1. The predicted octanol–water partition coefficient (Wildman–Crippen LogP) is 3.31. The zero-order valence-corrected chi connectivity index (χ0v) is 12.8. The van der Waals surface area contributed by atoms with E-state index in [2.05, 4.69) is 31.3 Å². The van der Waals surface area contributed by atoms with Gasteiger partial charge < -0.3 is 11.1 Å². The normalized spacial score (nSPS) is 12.0. The first-order chi connectivity index (χ1) is 9.97. The Morgan fingerprint density at radius 3 is 2.48 bits per heavy atom. The van der Waals surface area contributed by atoms with Gasteiger partial charge in [0.2, 0.25) is 5.91 Å².